The van der Waals surface area contributed by atoms with Gasteiger partial charge in [-0.25, -0.2) is 0 Å². The zero-order valence-corrected chi connectivity index (χ0v) is 13.2. The van der Waals surface area contributed by atoms with Crippen LogP contribution in [0.1, 0.15) is 33.7 Å². The monoisotopic (exact) mass is 305 g/mol. The Balaban J connectivity index is 1.77. The minimum Gasteiger partial charge on any atom is -0.352 e. The zero-order chi connectivity index (χ0) is 15.2. The molecule has 0 atom stereocenters. The van der Waals surface area contributed by atoms with Crippen LogP contribution in [0.2, 0.25) is 0 Å². The van der Waals surface area contributed by atoms with E-state index in [1.165, 1.54) is 0 Å². The molecule has 0 fully saturated rings. The van der Waals surface area contributed by atoms with Crippen LogP contribution in [0.3, 0.4) is 0 Å². The molecule has 21 heavy (non-hydrogen) atoms. The van der Waals surface area contributed by atoms with E-state index in [0.717, 1.165) is 29.9 Å². The van der Waals surface area contributed by atoms with Gasteiger partial charge in [-0.2, -0.15) is 5.10 Å². The highest BCUT2D eigenvalue weighted by Gasteiger charge is 2.05. The predicted molar refractivity (Wildman–Crippen MR) is 84.7 cm³/mol. The van der Waals surface area contributed by atoms with Crippen molar-refractivity contribution in [2.75, 3.05) is 6.54 Å². The first-order chi connectivity index (χ1) is 10.1. The molecule has 0 spiro atoms. The lowest BCUT2D eigenvalue weighted by molar-refractivity contribution is 0.0952. The van der Waals surface area contributed by atoms with Gasteiger partial charge in [0.05, 0.1) is 5.69 Å². The smallest absolute Gasteiger partial charge is 0.251 e. The Labute approximate surface area is 130 Å². The van der Waals surface area contributed by atoms with Gasteiger partial charge in [-0.1, -0.05) is 12.1 Å². The summed E-state index contributed by atoms with van der Waals surface area (Å²) in [5.74, 6) is 0.411. The van der Waals surface area contributed by atoms with E-state index >= 15 is 0 Å². The molecule has 0 unspecified atom stereocenters. The molecule has 1 N–H and O–H groups in total. The summed E-state index contributed by atoms with van der Waals surface area (Å²) in [6, 6.07) is 9.40. The second-order valence-electron chi connectivity index (χ2n) is 5.09. The van der Waals surface area contributed by atoms with Crippen molar-refractivity contribution in [3.05, 3.63) is 52.8 Å². The fraction of sp³-hybridized carbons (Fsp3) is 0.375. The lowest BCUT2D eigenvalue weighted by Gasteiger charge is -2.07. The topological polar surface area (TPSA) is 46.9 Å². The summed E-state index contributed by atoms with van der Waals surface area (Å²) >= 11 is 5.73. The molecule has 0 saturated heterocycles. The van der Waals surface area contributed by atoms with Crippen LogP contribution >= 0.6 is 11.6 Å². The van der Waals surface area contributed by atoms with Crippen LogP contribution in [0.15, 0.2) is 30.3 Å². The van der Waals surface area contributed by atoms with Crippen LogP contribution in [0, 0.1) is 13.8 Å². The van der Waals surface area contributed by atoms with Gasteiger partial charge in [0, 0.05) is 30.2 Å². The van der Waals surface area contributed by atoms with Gasteiger partial charge in [0.1, 0.15) is 0 Å². The van der Waals surface area contributed by atoms with Crippen molar-refractivity contribution in [3.8, 4) is 0 Å². The first-order valence-electron chi connectivity index (χ1n) is 7.04. The van der Waals surface area contributed by atoms with Crippen molar-refractivity contribution in [2.24, 2.45) is 0 Å². The SMILES string of the molecule is Cc1cc(C)n(CCCNC(=O)c2ccc(CCl)cc2)n1. The minimum atomic E-state index is -0.0514. The standard InChI is InChI=1S/C16H20ClN3O/c1-12-10-13(2)20(19-12)9-3-8-18-16(21)15-6-4-14(11-17)5-7-15/h4-7,10H,3,8-9,11H2,1-2H3,(H,18,21). The molecule has 0 radical (unpaired) electrons. The third-order valence-corrected chi connectivity index (χ3v) is 3.61. The molecule has 0 aliphatic heterocycles. The Morgan fingerprint density at radius 3 is 2.57 bits per heavy atom. The normalized spacial score (nSPS) is 10.6. The molecule has 1 aromatic heterocycles. The number of nitrogens with one attached hydrogen (secondary N) is 1. The van der Waals surface area contributed by atoms with Crippen molar-refractivity contribution in [2.45, 2.75) is 32.7 Å². The molecular weight excluding hydrogens is 286 g/mol. The first-order valence-corrected chi connectivity index (χ1v) is 7.58. The highest BCUT2D eigenvalue weighted by molar-refractivity contribution is 6.17. The number of aromatic nitrogens is 2. The molecule has 0 saturated carbocycles. The number of alkyl halides is 1. The molecule has 5 heteroatoms. The number of carbonyl (C=O) groups is 1. The van der Waals surface area contributed by atoms with Gasteiger partial charge in [-0.15, -0.1) is 11.6 Å². The number of benzene rings is 1. The van der Waals surface area contributed by atoms with Crippen LogP contribution in [0.25, 0.3) is 0 Å². The summed E-state index contributed by atoms with van der Waals surface area (Å²) < 4.78 is 1.97. The highest BCUT2D eigenvalue weighted by atomic mass is 35.5. The van der Waals surface area contributed by atoms with E-state index in [4.69, 9.17) is 11.6 Å². The summed E-state index contributed by atoms with van der Waals surface area (Å²) in [5, 5.41) is 7.32. The number of rotatable bonds is 6. The van der Waals surface area contributed by atoms with Crippen molar-refractivity contribution < 1.29 is 4.79 Å². The molecule has 1 aromatic carbocycles. The van der Waals surface area contributed by atoms with Crippen molar-refractivity contribution in [3.63, 3.8) is 0 Å². The Hall–Kier alpha value is -1.81. The Morgan fingerprint density at radius 1 is 1.29 bits per heavy atom. The van der Waals surface area contributed by atoms with Crippen molar-refractivity contribution in [1.29, 1.82) is 0 Å². The van der Waals surface area contributed by atoms with Crippen LogP contribution in [0.4, 0.5) is 0 Å². The first kappa shape index (κ1) is 15.6. The number of halogens is 1. The molecule has 0 aliphatic carbocycles. The molecule has 0 bridgehead atoms. The number of nitrogens with zero attached hydrogens (tertiary/aromatic N) is 2. The maximum atomic E-state index is 12.0. The Morgan fingerprint density at radius 2 is 2.00 bits per heavy atom. The van der Waals surface area contributed by atoms with Gasteiger partial charge in [0.2, 0.25) is 0 Å². The largest absolute Gasteiger partial charge is 0.352 e. The average Bonchev–Trinajstić information content (AvgIpc) is 2.81. The molecular formula is C16H20ClN3O. The maximum Gasteiger partial charge on any atom is 0.251 e. The van der Waals surface area contributed by atoms with E-state index in [2.05, 4.69) is 16.5 Å². The Bertz CT molecular complexity index is 604. The highest BCUT2D eigenvalue weighted by Crippen LogP contribution is 2.07. The number of hydrogen-bond donors (Lipinski definition) is 1. The molecule has 112 valence electrons. The quantitative estimate of drug-likeness (QED) is 0.658. The fourth-order valence-corrected chi connectivity index (χ4v) is 2.36. The zero-order valence-electron chi connectivity index (χ0n) is 12.4. The minimum absolute atomic E-state index is 0.0514. The van der Waals surface area contributed by atoms with Gasteiger partial charge < -0.3 is 5.32 Å². The van der Waals surface area contributed by atoms with Gasteiger partial charge in [0.25, 0.3) is 5.91 Å². The van der Waals surface area contributed by atoms with E-state index in [9.17, 15) is 4.79 Å². The van der Waals surface area contributed by atoms with Gasteiger partial charge >= 0.3 is 0 Å². The molecule has 0 aliphatic rings. The Kier molecular flexibility index (Phi) is 5.39. The third-order valence-electron chi connectivity index (χ3n) is 3.31. The number of carbonyl (C=O) groups excluding carboxylic acids is 1. The van der Waals surface area contributed by atoms with Crippen LogP contribution in [-0.4, -0.2) is 22.2 Å². The lowest BCUT2D eigenvalue weighted by Crippen LogP contribution is -2.25. The molecule has 4 nitrogen and oxygen atoms in total. The summed E-state index contributed by atoms with van der Waals surface area (Å²) in [7, 11) is 0. The number of hydrogen-bond acceptors (Lipinski definition) is 2. The van der Waals surface area contributed by atoms with E-state index in [1.54, 1.807) is 12.1 Å². The van der Waals surface area contributed by atoms with E-state index in [1.807, 2.05) is 30.7 Å². The molecule has 2 aromatic rings. The average molecular weight is 306 g/mol. The van der Waals surface area contributed by atoms with Crippen LogP contribution < -0.4 is 5.32 Å². The summed E-state index contributed by atoms with van der Waals surface area (Å²) in [4.78, 5) is 12.0. The van der Waals surface area contributed by atoms with Gasteiger partial charge in [-0.3, -0.25) is 9.48 Å². The summed E-state index contributed by atoms with van der Waals surface area (Å²) in [5.41, 5.74) is 3.85. The van der Waals surface area contributed by atoms with Crippen molar-refractivity contribution >= 4 is 17.5 Å². The van der Waals surface area contributed by atoms with Gasteiger partial charge in [0.15, 0.2) is 0 Å². The summed E-state index contributed by atoms with van der Waals surface area (Å²) in [6.45, 7) is 5.46. The second-order valence-corrected chi connectivity index (χ2v) is 5.36. The molecule has 1 heterocycles. The van der Waals surface area contributed by atoms with Crippen molar-refractivity contribution in [1.82, 2.24) is 15.1 Å². The summed E-state index contributed by atoms with van der Waals surface area (Å²) in [6.07, 6.45) is 0.855. The third kappa shape index (κ3) is 4.33. The molecule has 2 rings (SSSR count). The van der Waals surface area contributed by atoms with E-state index in [0.29, 0.717) is 18.0 Å². The number of amides is 1. The second kappa shape index (κ2) is 7.27. The fourth-order valence-electron chi connectivity index (χ4n) is 2.18. The molecule has 1 amide bonds. The number of aryl methyl sites for hydroxylation is 3. The van der Waals surface area contributed by atoms with Crippen LogP contribution in [-0.2, 0) is 12.4 Å². The lowest BCUT2D eigenvalue weighted by atomic mass is 10.1. The van der Waals surface area contributed by atoms with E-state index in [-0.39, 0.29) is 5.91 Å². The van der Waals surface area contributed by atoms with E-state index < -0.39 is 0 Å². The maximum absolute atomic E-state index is 12.0. The van der Waals surface area contributed by atoms with Crippen LogP contribution in [0.5, 0.6) is 0 Å². The van der Waals surface area contributed by atoms with Gasteiger partial charge in [-0.05, 0) is 44.0 Å². The predicted octanol–water partition coefficient (Wildman–Crippen LogP) is 3.06.